The third-order valence-electron chi connectivity index (χ3n) is 2.06. The van der Waals surface area contributed by atoms with Gasteiger partial charge in [-0.2, -0.15) is 0 Å². The number of allylic oxidation sites excluding steroid dienone is 6. The van der Waals surface area contributed by atoms with Crippen molar-refractivity contribution in [3.05, 3.63) is 48.3 Å². The zero-order valence-corrected chi connectivity index (χ0v) is 9.59. The summed E-state index contributed by atoms with van der Waals surface area (Å²) in [4.78, 5) is 10.7. The van der Waals surface area contributed by atoms with Gasteiger partial charge in [-0.25, -0.2) is 4.79 Å². The Morgan fingerprint density at radius 3 is 2.94 bits per heavy atom. The molecule has 0 aromatic rings. The fourth-order valence-corrected chi connectivity index (χ4v) is 1.51. The molecule has 0 aliphatic heterocycles. The van der Waals surface area contributed by atoms with E-state index in [2.05, 4.69) is 4.74 Å². The second kappa shape index (κ2) is 6.18. The zero-order valence-electron chi connectivity index (χ0n) is 8.84. The predicted molar refractivity (Wildman–Crippen MR) is 63.3 cm³/mol. The maximum atomic E-state index is 10.7. The topological polar surface area (TPSA) is 46.5 Å². The highest BCUT2D eigenvalue weighted by atomic mass is 35.5. The zero-order chi connectivity index (χ0) is 12.0. The van der Waals surface area contributed by atoms with E-state index in [-0.39, 0.29) is 17.1 Å². The molecule has 3 nitrogen and oxygen atoms in total. The number of esters is 1. The van der Waals surface area contributed by atoms with E-state index in [1.54, 1.807) is 30.4 Å². The van der Waals surface area contributed by atoms with Gasteiger partial charge in [-0.05, 0) is 12.2 Å². The van der Waals surface area contributed by atoms with Gasteiger partial charge in [-0.15, -0.1) is 11.6 Å². The second-order valence-electron chi connectivity index (χ2n) is 3.24. The van der Waals surface area contributed by atoms with Crippen LogP contribution in [0.2, 0.25) is 0 Å². The number of hydrogen-bond acceptors (Lipinski definition) is 3. The summed E-state index contributed by atoms with van der Waals surface area (Å²) < 4.78 is 4.44. The van der Waals surface area contributed by atoms with Crippen LogP contribution in [0.5, 0.6) is 0 Å². The molecule has 0 amide bonds. The van der Waals surface area contributed by atoms with Crippen LogP contribution in [0.3, 0.4) is 0 Å². The number of hydrogen-bond donors (Lipinski definition) is 1. The summed E-state index contributed by atoms with van der Waals surface area (Å²) in [6, 6.07) is 0. The number of ether oxygens (including phenoxy) is 1. The summed E-state index contributed by atoms with van der Waals surface area (Å²) in [5.41, 5.74) is 0. The van der Waals surface area contributed by atoms with Gasteiger partial charge in [0.15, 0.2) is 0 Å². The third kappa shape index (κ3) is 3.95. The second-order valence-corrected chi connectivity index (χ2v) is 3.74. The van der Waals surface area contributed by atoms with Crippen molar-refractivity contribution >= 4 is 17.6 Å². The lowest BCUT2D eigenvalue weighted by Gasteiger charge is -2.15. The van der Waals surface area contributed by atoms with E-state index in [1.165, 1.54) is 13.2 Å². The van der Waals surface area contributed by atoms with Crippen LogP contribution in [-0.2, 0) is 9.53 Å². The molecule has 0 aromatic carbocycles. The average molecular weight is 241 g/mol. The molecule has 0 spiro atoms. The summed E-state index contributed by atoms with van der Waals surface area (Å²) in [6.45, 7) is 0. The largest absolute Gasteiger partial charge is 0.508 e. The molecular weight excluding hydrogens is 228 g/mol. The lowest BCUT2D eigenvalue weighted by atomic mass is 9.99. The van der Waals surface area contributed by atoms with Gasteiger partial charge < -0.3 is 9.84 Å². The van der Waals surface area contributed by atoms with Crippen molar-refractivity contribution in [2.45, 2.75) is 5.38 Å². The number of aliphatic hydroxyl groups excluding tert-OH is 1. The van der Waals surface area contributed by atoms with Gasteiger partial charge in [-0.3, -0.25) is 0 Å². The van der Waals surface area contributed by atoms with Crippen LogP contribution < -0.4 is 0 Å². The van der Waals surface area contributed by atoms with Gasteiger partial charge in [-0.1, -0.05) is 24.3 Å². The third-order valence-corrected chi connectivity index (χ3v) is 2.48. The van der Waals surface area contributed by atoms with Crippen molar-refractivity contribution < 1.29 is 14.6 Å². The monoisotopic (exact) mass is 240 g/mol. The van der Waals surface area contributed by atoms with Crippen molar-refractivity contribution in [2.75, 3.05) is 7.11 Å². The molecule has 0 saturated carbocycles. The Bertz CT molecular complexity index is 366. The fourth-order valence-electron chi connectivity index (χ4n) is 1.21. The minimum Gasteiger partial charge on any atom is -0.508 e. The number of rotatable bonds is 3. The Labute approximate surface area is 99.4 Å². The molecule has 0 aromatic heterocycles. The summed E-state index contributed by atoms with van der Waals surface area (Å²) in [5.74, 6) is -0.210. The van der Waals surface area contributed by atoms with Crippen LogP contribution in [0.25, 0.3) is 0 Å². The number of alkyl halides is 1. The number of methoxy groups -OCH3 is 1. The van der Waals surface area contributed by atoms with Crippen LogP contribution in [0.15, 0.2) is 48.3 Å². The molecule has 0 fully saturated rings. The van der Waals surface area contributed by atoms with Gasteiger partial charge in [0.2, 0.25) is 0 Å². The maximum absolute atomic E-state index is 10.7. The van der Waals surface area contributed by atoms with Gasteiger partial charge >= 0.3 is 5.97 Å². The minimum atomic E-state index is -0.399. The molecule has 86 valence electrons. The number of halogens is 1. The molecule has 2 atom stereocenters. The lowest BCUT2D eigenvalue weighted by Crippen LogP contribution is -2.11. The molecule has 2 unspecified atom stereocenters. The highest BCUT2D eigenvalue weighted by molar-refractivity contribution is 6.22. The first-order chi connectivity index (χ1) is 7.63. The van der Waals surface area contributed by atoms with E-state index in [1.807, 2.05) is 6.08 Å². The molecule has 1 aliphatic rings. The summed E-state index contributed by atoms with van der Waals surface area (Å²) in [5, 5.41) is 8.89. The Morgan fingerprint density at radius 1 is 1.56 bits per heavy atom. The van der Waals surface area contributed by atoms with Gasteiger partial charge in [0, 0.05) is 12.0 Å². The van der Waals surface area contributed by atoms with Crippen LogP contribution in [-0.4, -0.2) is 23.6 Å². The Hall–Kier alpha value is -1.48. The first kappa shape index (κ1) is 12.6. The SMILES string of the molecule is COC(=O)/C=C/C=C/C1C=CC(O)=CC1Cl. The first-order valence-electron chi connectivity index (χ1n) is 4.79. The molecule has 1 N–H and O–H groups in total. The maximum Gasteiger partial charge on any atom is 0.330 e. The van der Waals surface area contributed by atoms with E-state index >= 15 is 0 Å². The Balaban J connectivity index is 2.50. The number of carbonyl (C=O) groups is 1. The van der Waals surface area contributed by atoms with E-state index in [0.29, 0.717) is 0 Å². The normalized spacial score (nSPS) is 25.0. The standard InChI is InChI=1S/C12H13ClO3/c1-16-12(15)5-3-2-4-9-6-7-10(14)8-11(9)13/h2-9,11,14H,1H3/b4-2+,5-3+. The highest BCUT2D eigenvalue weighted by Gasteiger charge is 2.15. The molecule has 1 rings (SSSR count). The number of aliphatic hydroxyl groups is 1. The van der Waals surface area contributed by atoms with Crippen molar-refractivity contribution in [3.63, 3.8) is 0 Å². The molecule has 0 bridgehead atoms. The quantitative estimate of drug-likeness (QED) is 0.357. The fraction of sp³-hybridized carbons (Fsp3) is 0.250. The van der Waals surface area contributed by atoms with Crippen LogP contribution in [0.1, 0.15) is 0 Å². The molecular formula is C12H13ClO3. The summed E-state index contributed by atoms with van der Waals surface area (Å²) in [7, 11) is 1.32. The van der Waals surface area contributed by atoms with E-state index in [0.717, 1.165) is 0 Å². The van der Waals surface area contributed by atoms with E-state index in [9.17, 15) is 4.79 Å². The van der Waals surface area contributed by atoms with E-state index in [4.69, 9.17) is 16.7 Å². The summed E-state index contributed by atoms with van der Waals surface area (Å²) >= 11 is 5.99. The van der Waals surface area contributed by atoms with Crippen molar-refractivity contribution in [1.82, 2.24) is 0 Å². The summed E-state index contributed by atoms with van der Waals surface area (Å²) in [6.07, 6.45) is 11.4. The van der Waals surface area contributed by atoms with Crippen LogP contribution in [0.4, 0.5) is 0 Å². The highest BCUT2D eigenvalue weighted by Crippen LogP contribution is 2.21. The van der Waals surface area contributed by atoms with Gasteiger partial charge in [0.1, 0.15) is 5.76 Å². The predicted octanol–water partition coefficient (Wildman–Crippen LogP) is 2.51. The van der Waals surface area contributed by atoms with Gasteiger partial charge in [0.05, 0.1) is 12.5 Å². The van der Waals surface area contributed by atoms with Crippen molar-refractivity contribution in [2.24, 2.45) is 5.92 Å². The molecule has 1 aliphatic carbocycles. The minimum absolute atomic E-state index is 0.0138. The van der Waals surface area contributed by atoms with Crippen LogP contribution in [0, 0.1) is 5.92 Å². The molecule has 0 radical (unpaired) electrons. The lowest BCUT2D eigenvalue weighted by molar-refractivity contribution is -0.134. The van der Waals surface area contributed by atoms with Gasteiger partial charge in [0.25, 0.3) is 0 Å². The van der Waals surface area contributed by atoms with Crippen molar-refractivity contribution in [3.8, 4) is 0 Å². The molecule has 16 heavy (non-hydrogen) atoms. The number of carbonyl (C=O) groups excluding carboxylic acids is 1. The smallest absolute Gasteiger partial charge is 0.330 e. The molecule has 0 saturated heterocycles. The van der Waals surface area contributed by atoms with Crippen LogP contribution >= 0.6 is 11.6 Å². The Kier molecular flexibility index (Phi) is 4.86. The Morgan fingerprint density at radius 2 is 2.31 bits per heavy atom. The molecule has 0 heterocycles. The van der Waals surface area contributed by atoms with Crippen molar-refractivity contribution in [1.29, 1.82) is 0 Å². The molecule has 4 heteroatoms. The average Bonchev–Trinajstić information content (AvgIpc) is 2.26. The first-order valence-corrected chi connectivity index (χ1v) is 5.23. The van der Waals surface area contributed by atoms with E-state index < -0.39 is 5.97 Å².